The van der Waals surface area contributed by atoms with E-state index in [1.165, 1.54) is 19.1 Å². The fraction of sp³-hybridized carbons (Fsp3) is 0.133. The zero-order valence-electron chi connectivity index (χ0n) is 12.4. The Kier molecular flexibility index (Phi) is 4.91. The van der Waals surface area contributed by atoms with Crippen LogP contribution < -0.4 is 10.0 Å². The Bertz CT molecular complexity index is 852. The van der Waals surface area contributed by atoms with Crippen molar-refractivity contribution < 1.29 is 17.6 Å². The minimum atomic E-state index is -3.93. The first-order valence-electron chi connectivity index (χ1n) is 6.55. The molecule has 5 nitrogen and oxygen atoms in total. The number of nitrogens with one attached hydrogen (secondary N) is 2. The lowest BCUT2D eigenvalue weighted by molar-refractivity contribution is -0.114. The summed E-state index contributed by atoms with van der Waals surface area (Å²) in [5.41, 5.74) is 0.864. The molecule has 0 aromatic heterocycles. The summed E-state index contributed by atoms with van der Waals surface area (Å²) in [6, 6.07) is 8.21. The molecule has 0 aliphatic rings. The van der Waals surface area contributed by atoms with E-state index < -0.39 is 21.7 Å². The molecule has 8 heteroatoms. The molecule has 122 valence electrons. The van der Waals surface area contributed by atoms with Gasteiger partial charge in [-0.25, -0.2) is 12.8 Å². The monoisotopic (exact) mass is 356 g/mol. The number of sulfonamides is 1. The summed E-state index contributed by atoms with van der Waals surface area (Å²) in [7, 11) is -3.93. The van der Waals surface area contributed by atoms with E-state index in [0.717, 1.165) is 17.7 Å². The number of carbonyl (C=O) groups is 1. The van der Waals surface area contributed by atoms with Gasteiger partial charge in [0.05, 0.1) is 21.3 Å². The Morgan fingerprint density at radius 3 is 2.30 bits per heavy atom. The molecule has 0 bridgehead atoms. The van der Waals surface area contributed by atoms with Crippen molar-refractivity contribution >= 4 is 38.9 Å². The van der Waals surface area contributed by atoms with Crippen LogP contribution in [0.2, 0.25) is 5.02 Å². The quantitative estimate of drug-likeness (QED) is 0.879. The highest BCUT2D eigenvalue weighted by Gasteiger charge is 2.18. The Balaban J connectivity index is 2.43. The van der Waals surface area contributed by atoms with Gasteiger partial charge < -0.3 is 5.32 Å². The highest BCUT2D eigenvalue weighted by atomic mass is 35.5. The summed E-state index contributed by atoms with van der Waals surface area (Å²) in [5.74, 6) is -1.24. The van der Waals surface area contributed by atoms with Crippen LogP contribution in [0.1, 0.15) is 12.5 Å². The lowest BCUT2D eigenvalue weighted by Gasteiger charge is -2.14. The number of hydrogen-bond donors (Lipinski definition) is 2. The van der Waals surface area contributed by atoms with Gasteiger partial charge in [-0.3, -0.25) is 9.52 Å². The van der Waals surface area contributed by atoms with E-state index in [-0.39, 0.29) is 21.3 Å². The lowest BCUT2D eigenvalue weighted by Crippen LogP contribution is -2.16. The first kappa shape index (κ1) is 17.2. The second kappa shape index (κ2) is 6.55. The van der Waals surface area contributed by atoms with Gasteiger partial charge in [0.2, 0.25) is 5.91 Å². The number of benzene rings is 2. The third-order valence-corrected chi connectivity index (χ3v) is 4.62. The highest BCUT2D eigenvalue weighted by molar-refractivity contribution is 7.92. The van der Waals surface area contributed by atoms with Gasteiger partial charge in [0.1, 0.15) is 5.82 Å². The van der Waals surface area contributed by atoms with Gasteiger partial charge in [0, 0.05) is 13.0 Å². The van der Waals surface area contributed by atoms with E-state index in [4.69, 9.17) is 11.6 Å². The highest BCUT2D eigenvalue weighted by Crippen LogP contribution is 2.30. The number of carbonyl (C=O) groups excluding carboxylic acids is 1. The normalized spacial score (nSPS) is 11.1. The zero-order valence-corrected chi connectivity index (χ0v) is 13.9. The van der Waals surface area contributed by atoms with Crippen LogP contribution in [0.25, 0.3) is 0 Å². The molecule has 2 aromatic carbocycles. The Labute approximate surface area is 138 Å². The molecule has 23 heavy (non-hydrogen) atoms. The van der Waals surface area contributed by atoms with Crippen molar-refractivity contribution in [1.29, 1.82) is 0 Å². The van der Waals surface area contributed by atoms with Crippen molar-refractivity contribution in [1.82, 2.24) is 0 Å². The van der Waals surface area contributed by atoms with Crippen molar-refractivity contribution in [2.45, 2.75) is 18.7 Å². The van der Waals surface area contributed by atoms with Crippen molar-refractivity contribution in [3.63, 3.8) is 0 Å². The second-order valence-electron chi connectivity index (χ2n) is 4.91. The van der Waals surface area contributed by atoms with Crippen LogP contribution in [0.3, 0.4) is 0 Å². The number of anilines is 2. The summed E-state index contributed by atoms with van der Waals surface area (Å²) in [6.07, 6.45) is 0. The van der Waals surface area contributed by atoms with E-state index in [2.05, 4.69) is 10.0 Å². The molecule has 0 saturated carbocycles. The van der Waals surface area contributed by atoms with E-state index in [0.29, 0.717) is 0 Å². The SMILES string of the molecule is CC(=O)Nc1cc(Cl)c(F)cc1NS(=O)(=O)c1ccc(C)cc1. The predicted molar refractivity (Wildman–Crippen MR) is 87.7 cm³/mol. The predicted octanol–water partition coefficient (Wildman–Crippen LogP) is 3.55. The van der Waals surface area contributed by atoms with Crippen LogP contribution in [0.4, 0.5) is 15.8 Å². The number of amides is 1. The second-order valence-corrected chi connectivity index (χ2v) is 7.00. The van der Waals surface area contributed by atoms with Crippen molar-refractivity contribution in [2.75, 3.05) is 10.0 Å². The van der Waals surface area contributed by atoms with Gasteiger partial charge in [0.25, 0.3) is 10.0 Å². The molecule has 0 spiro atoms. The average molecular weight is 357 g/mol. The average Bonchev–Trinajstić information content (AvgIpc) is 2.44. The zero-order chi connectivity index (χ0) is 17.2. The molecule has 1 amide bonds. The van der Waals surface area contributed by atoms with Gasteiger partial charge in [0.15, 0.2) is 0 Å². The first-order valence-corrected chi connectivity index (χ1v) is 8.41. The maximum Gasteiger partial charge on any atom is 0.261 e. The van der Waals surface area contributed by atoms with Crippen LogP contribution in [0.5, 0.6) is 0 Å². The molecule has 0 atom stereocenters. The van der Waals surface area contributed by atoms with Gasteiger partial charge in [-0.1, -0.05) is 29.3 Å². The summed E-state index contributed by atoms with van der Waals surface area (Å²) in [6.45, 7) is 3.07. The smallest absolute Gasteiger partial charge is 0.261 e. The fourth-order valence-electron chi connectivity index (χ4n) is 1.85. The Hall–Kier alpha value is -2.12. The Morgan fingerprint density at radius 1 is 1.13 bits per heavy atom. The van der Waals surface area contributed by atoms with Gasteiger partial charge in [-0.15, -0.1) is 0 Å². The lowest BCUT2D eigenvalue weighted by atomic mass is 10.2. The van der Waals surface area contributed by atoms with Crippen LogP contribution in [0, 0.1) is 12.7 Å². The molecule has 0 unspecified atom stereocenters. The molecule has 0 aliphatic heterocycles. The molecule has 0 aliphatic carbocycles. The number of aryl methyl sites for hydroxylation is 1. The van der Waals surface area contributed by atoms with Crippen LogP contribution >= 0.6 is 11.6 Å². The van der Waals surface area contributed by atoms with E-state index in [1.807, 2.05) is 6.92 Å². The van der Waals surface area contributed by atoms with E-state index in [9.17, 15) is 17.6 Å². The number of hydrogen-bond acceptors (Lipinski definition) is 3. The summed E-state index contributed by atoms with van der Waals surface area (Å²) in [4.78, 5) is 11.2. The maximum absolute atomic E-state index is 13.6. The molecule has 0 fully saturated rings. The topological polar surface area (TPSA) is 75.3 Å². The van der Waals surface area contributed by atoms with Crippen LogP contribution in [0.15, 0.2) is 41.3 Å². The van der Waals surface area contributed by atoms with Crippen molar-refractivity contribution in [3.8, 4) is 0 Å². The largest absolute Gasteiger partial charge is 0.324 e. The molecular formula is C15H14ClFN2O3S. The first-order chi connectivity index (χ1) is 10.7. The third kappa shape index (κ3) is 4.20. The summed E-state index contributed by atoms with van der Waals surface area (Å²) in [5, 5.41) is 2.18. The van der Waals surface area contributed by atoms with Crippen LogP contribution in [-0.2, 0) is 14.8 Å². The van der Waals surface area contributed by atoms with Crippen molar-refractivity contribution in [3.05, 3.63) is 52.8 Å². The van der Waals surface area contributed by atoms with Gasteiger partial charge in [-0.05, 0) is 25.1 Å². The van der Waals surface area contributed by atoms with Gasteiger partial charge >= 0.3 is 0 Å². The van der Waals surface area contributed by atoms with Crippen LogP contribution in [-0.4, -0.2) is 14.3 Å². The van der Waals surface area contributed by atoms with Gasteiger partial charge in [-0.2, -0.15) is 0 Å². The molecule has 0 radical (unpaired) electrons. The molecule has 2 N–H and O–H groups in total. The summed E-state index contributed by atoms with van der Waals surface area (Å²) < 4.78 is 40.6. The fourth-order valence-corrected chi connectivity index (χ4v) is 3.08. The number of halogens is 2. The standard InChI is InChI=1S/C15H14ClFN2O3S/c1-9-3-5-11(6-4-9)23(21,22)19-15-8-13(17)12(16)7-14(15)18-10(2)20/h3-8,19H,1-2H3,(H,18,20). The van der Waals surface area contributed by atoms with Crippen molar-refractivity contribution in [2.24, 2.45) is 0 Å². The third-order valence-electron chi connectivity index (χ3n) is 2.95. The number of rotatable bonds is 4. The molecule has 2 aromatic rings. The Morgan fingerprint density at radius 2 is 1.74 bits per heavy atom. The molecular weight excluding hydrogens is 343 g/mol. The minimum Gasteiger partial charge on any atom is -0.324 e. The van der Waals surface area contributed by atoms with E-state index in [1.54, 1.807) is 12.1 Å². The summed E-state index contributed by atoms with van der Waals surface area (Å²) >= 11 is 5.67. The van der Waals surface area contributed by atoms with E-state index >= 15 is 0 Å². The molecule has 0 saturated heterocycles. The maximum atomic E-state index is 13.6. The minimum absolute atomic E-state index is 0.0206. The molecule has 2 rings (SSSR count). The molecule has 0 heterocycles.